The Bertz CT molecular complexity index is 1030. The number of rotatable bonds is 9. The number of aromatic nitrogens is 1. The van der Waals surface area contributed by atoms with Crippen LogP contribution in [0.4, 0.5) is 0 Å². The van der Waals surface area contributed by atoms with Gasteiger partial charge in [-0.25, -0.2) is 0 Å². The van der Waals surface area contributed by atoms with Gasteiger partial charge in [-0.3, -0.25) is 9.78 Å². The van der Waals surface area contributed by atoms with Crippen LogP contribution in [-0.4, -0.2) is 37.3 Å². The minimum atomic E-state index is -0.141. The normalized spacial score (nSPS) is 13.8. The van der Waals surface area contributed by atoms with Crippen LogP contribution >= 0.6 is 0 Å². The van der Waals surface area contributed by atoms with Gasteiger partial charge in [0.15, 0.2) is 11.5 Å². The van der Waals surface area contributed by atoms with Gasteiger partial charge in [0.2, 0.25) is 0 Å². The van der Waals surface area contributed by atoms with Crippen LogP contribution in [-0.2, 0) is 0 Å². The largest absolute Gasteiger partial charge is 0.493 e. The van der Waals surface area contributed by atoms with Gasteiger partial charge in [0.1, 0.15) is 11.3 Å². The number of nitrogens with one attached hydrogen (secondary N) is 1. The van der Waals surface area contributed by atoms with E-state index in [0.717, 1.165) is 29.5 Å². The van der Waals surface area contributed by atoms with Crippen LogP contribution in [0.15, 0.2) is 54.7 Å². The molecule has 1 heterocycles. The minimum Gasteiger partial charge on any atom is -0.493 e. The Kier molecular flexibility index (Phi) is 6.87. The van der Waals surface area contributed by atoms with Crippen molar-refractivity contribution >= 4 is 16.8 Å². The van der Waals surface area contributed by atoms with Crippen LogP contribution in [0.2, 0.25) is 0 Å². The van der Waals surface area contributed by atoms with Crippen LogP contribution in [0.25, 0.3) is 10.9 Å². The molecule has 0 atom stereocenters. The molecule has 0 bridgehead atoms. The van der Waals surface area contributed by atoms with Crippen LogP contribution < -0.4 is 19.5 Å². The third-order valence-corrected chi connectivity index (χ3v) is 5.48. The van der Waals surface area contributed by atoms with Gasteiger partial charge in [-0.15, -0.1) is 0 Å². The quantitative estimate of drug-likeness (QED) is 0.505. The first-order chi connectivity index (χ1) is 15.2. The number of methoxy groups -OCH3 is 1. The van der Waals surface area contributed by atoms with Crippen molar-refractivity contribution in [3.63, 3.8) is 0 Å². The lowest BCUT2D eigenvalue weighted by Gasteiger charge is -2.16. The number of ether oxygens (including phenoxy) is 3. The Morgan fingerprint density at radius 1 is 1.06 bits per heavy atom. The zero-order valence-electron chi connectivity index (χ0n) is 17.8. The number of carbonyl (C=O) groups is 1. The third-order valence-electron chi connectivity index (χ3n) is 5.48. The Labute approximate surface area is 182 Å². The van der Waals surface area contributed by atoms with Crippen molar-refractivity contribution in [2.75, 3.05) is 20.3 Å². The van der Waals surface area contributed by atoms with Crippen molar-refractivity contribution < 1.29 is 19.0 Å². The molecule has 4 rings (SSSR count). The van der Waals surface area contributed by atoms with Crippen molar-refractivity contribution in [1.82, 2.24) is 10.3 Å². The zero-order chi connectivity index (χ0) is 21.5. The molecule has 0 aliphatic heterocycles. The first kappa shape index (κ1) is 21.0. The summed E-state index contributed by atoms with van der Waals surface area (Å²) in [5.74, 6) is 1.90. The van der Waals surface area contributed by atoms with Crippen LogP contribution in [0.3, 0.4) is 0 Å². The molecule has 1 aliphatic rings. The number of fused-ring (bicyclic) bond motifs is 1. The van der Waals surface area contributed by atoms with Crippen molar-refractivity contribution in [3.8, 4) is 17.2 Å². The van der Waals surface area contributed by atoms with Gasteiger partial charge >= 0.3 is 0 Å². The summed E-state index contributed by atoms with van der Waals surface area (Å²) in [5, 5.41) is 3.98. The highest BCUT2D eigenvalue weighted by Crippen LogP contribution is 2.32. The molecule has 6 nitrogen and oxygen atoms in total. The van der Waals surface area contributed by atoms with Crippen LogP contribution in [0.1, 0.15) is 42.5 Å². The maximum absolute atomic E-state index is 12.5. The molecule has 1 saturated carbocycles. The lowest BCUT2D eigenvalue weighted by Crippen LogP contribution is -2.25. The SMILES string of the molecule is COc1cc(C(=O)NCCCOc2cccc3cccnc23)ccc1OC1CCCC1. The third kappa shape index (κ3) is 5.26. The Balaban J connectivity index is 1.26. The molecule has 3 aromatic rings. The molecule has 0 spiro atoms. The number of para-hydroxylation sites is 1. The fraction of sp³-hybridized carbons (Fsp3) is 0.360. The highest BCUT2D eigenvalue weighted by molar-refractivity contribution is 5.94. The summed E-state index contributed by atoms with van der Waals surface area (Å²) in [6.07, 6.45) is 7.24. The highest BCUT2D eigenvalue weighted by atomic mass is 16.5. The first-order valence-electron chi connectivity index (χ1n) is 10.8. The van der Waals surface area contributed by atoms with Gasteiger partial charge in [0.05, 0.1) is 19.8 Å². The number of hydrogen-bond donors (Lipinski definition) is 1. The highest BCUT2D eigenvalue weighted by Gasteiger charge is 2.19. The summed E-state index contributed by atoms with van der Waals surface area (Å²) in [4.78, 5) is 16.9. The average Bonchev–Trinajstić information content (AvgIpc) is 3.32. The van der Waals surface area contributed by atoms with Crippen molar-refractivity contribution in [2.24, 2.45) is 0 Å². The predicted octanol–water partition coefficient (Wildman–Crippen LogP) is 4.76. The first-order valence-corrected chi connectivity index (χ1v) is 10.8. The minimum absolute atomic E-state index is 0.141. The second-order valence-corrected chi connectivity index (χ2v) is 7.68. The van der Waals surface area contributed by atoms with E-state index in [1.807, 2.05) is 36.4 Å². The molecular weight excluding hydrogens is 392 g/mol. The van der Waals surface area contributed by atoms with E-state index < -0.39 is 0 Å². The molecule has 31 heavy (non-hydrogen) atoms. The van der Waals surface area contributed by atoms with Gasteiger partial charge in [0, 0.05) is 23.7 Å². The van der Waals surface area contributed by atoms with Gasteiger partial charge in [0.25, 0.3) is 5.91 Å². The van der Waals surface area contributed by atoms with Gasteiger partial charge in [-0.1, -0.05) is 18.2 Å². The monoisotopic (exact) mass is 420 g/mol. The Morgan fingerprint density at radius 3 is 2.74 bits per heavy atom. The van der Waals surface area contributed by atoms with E-state index in [-0.39, 0.29) is 12.0 Å². The van der Waals surface area contributed by atoms with Gasteiger partial charge in [-0.2, -0.15) is 0 Å². The molecule has 0 unspecified atom stereocenters. The molecule has 6 heteroatoms. The predicted molar refractivity (Wildman–Crippen MR) is 120 cm³/mol. The average molecular weight is 421 g/mol. The zero-order valence-corrected chi connectivity index (χ0v) is 17.8. The molecule has 1 N–H and O–H groups in total. The van der Waals surface area contributed by atoms with Crippen LogP contribution in [0, 0.1) is 0 Å². The Hall–Kier alpha value is -3.28. The molecule has 1 aliphatic carbocycles. The fourth-order valence-corrected chi connectivity index (χ4v) is 3.84. The second kappa shape index (κ2) is 10.2. The smallest absolute Gasteiger partial charge is 0.251 e. The summed E-state index contributed by atoms with van der Waals surface area (Å²) in [5.41, 5.74) is 1.40. The summed E-state index contributed by atoms with van der Waals surface area (Å²) in [7, 11) is 1.60. The van der Waals surface area contributed by atoms with Crippen molar-refractivity contribution in [3.05, 3.63) is 60.3 Å². The summed E-state index contributed by atoms with van der Waals surface area (Å²) < 4.78 is 17.4. The number of benzene rings is 2. The number of hydrogen-bond acceptors (Lipinski definition) is 5. The van der Waals surface area contributed by atoms with Crippen LogP contribution in [0.5, 0.6) is 17.2 Å². The van der Waals surface area contributed by atoms with E-state index in [0.29, 0.717) is 36.6 Å². The molecule has 1 aromatic heterocycles. The van der Waals surface area contributed by atoms with Gasteiger partial charge in [-0.05, 0) is 62.4 Å². The second-order valence-electron chi connectivity index (χ2n) is 7.68. The van der Waals surface area contributed by atoms with Gasteiger partial charge < -0.3 is 19.5 Å². The summed E-state index contributed by atoms with van der Waals surface area (Å²) >= 11 is 0. The maximum atomic E-state index is 12.5. The summed E-state index contributed by atoms with van der Waals surface area (Å²) in [6, 6.07) is 15.1. The standard InChI is InChI=1S/C25H28N2O4/c1-29-23-17-19(12-13-21(23)31-20-9-2-3-10-20)25(28)27-15-6-16-30-22-11-4-7-18-8-5-14-26-24(18)22/h4-5,7-8,11-14,17,20H,2-3,6,9-10,15-16H2,1H3,(H,27,28). The number of amides is 1. The number of nitrogens with zero attached hydrogens (tertiary/aromatic N) is 1. The molecule has 162 valence electrons. The van der Waals surface area contributed by atoms with E-state index in [1.165, 1.54) is 12.8 Å². The lowest BCUT2D eigenvalue weighted by molar-refractivity contribution is 0.0951. The maximum Gasteiger partial charge on any atom is 0.251 e. The van der Waals surface area contributed by atoms with E-state index in [9.17, 15) is 4.79 Å². The molecule has 0 radical (unpaired) electrons. The molecule has 1 fully saturated rings. The number of carbonyl (C=O) groups excluding carboxylic acids is 1. The molecule has 1 amide bonds. The Morgan fingerprint density at radius 2 is 1.90 bits per heavy atom. The van der Waals surface area contributed by atoms with E-state index in [2.05, 4.69) is 10.3 Å². The molecule has 0 saturated heterocycles. The number of pyridine rings is 1. The fourth-order valence-electron chi connectivity index (χ4n) is 3.84. The topological polar surface area (TPSA) is 69.7 Å². The van der Waals surface area contributed by atoms with Crippen molar-refractivity contribution in [1.29, 1.82) is 0 Å². The summed E-state index contributed by atoms with van der Waals surface area (Å²) in [6.45, 7) is 1.01. The van der Waals surface area contributed by atoms with Crippen molar-refractivity contribution in [2.45, 2.75) is 38.2 Å². The lowest BCUT2D eigenvalue weighted by atomic mass is 10.2. The van der Waals surface area contributed by atoms with E-state index >= 15 is 0 Å². The molecular formula is C25H28N2O4. The van der Waals surface area contributed by atoms with E-state index in [4.69, 9.17) is 14.2 Å². The molecule has 2 aromatic carbocycles. The van der Waals surface area contributed by atoms with E-state index in [1.54, 1.807) is 25.4 Å².